The smallest absolute Gasteiger partial charge is 0.326 e. The molecule has 0 amide bonds. The maximum atomic E-state index is 13.3. The number of hydrogen-bond acceptors (Lipinski definition) is 6. The third kappa shape index (κ3) is 5.22. The lowest BCUT2D eigenvalue weighted by molar-refractivity contribution is -0.160. The van der Waals surface area contributed by atoms with E-state index in [1.54, 1.807) is 44.7 Å². The minimum atomic E-state index is -3.90. The first-order valence-electron chi connectivity index (χ1n) is 8.93. The summed E-state index contributed by atoms with van der Waals surface area (Å²) in [6.45, 7) is 9.36. The highest BCUT2D eigenvalue weighted by Gasteiger charge is 2.49. The number of benzene rings is 1. The van der Waals surface area contributed by atoms with Crippen LogP contribution in [0.2, 0.25) is 0 Å². The van der Waals surface area contributed by atoms with E-state index in [0.29, 0.717) is 11.5 Å². The molecule has 1 unspecified atom stereocenters. The lowest BCUT2D eigenvalue weighted by Gasteiger charge is -2.44. The van der Waals surface area contributed by atoms with Gasteiger partial charge in [-0.3, -0.25) is 4.79 Å². The number of ether oxygens (including phenoxy) is 2. The van der Waals surface area contributed by atoms with Crippen LogP contribution in [-0.2, 0) is 19.6 Å². The Hall–Kier alpha value is -1.69. The second-order valence-electron chi connectivity index (χ2n) is 7.97. The van der Waals surface area contributed by atoms with Gasteiger partial charge >= 0.3 is 5.97 Å². The Morgan fingerprint density at radius 1 is 1.32 bits per heavy atom. The van der Waals surface area contributed by atoms with Crippen molar-refractivity contribution in [3.8, 4) is 18.1 Å². The molecule has 1 aliphatic rings. The van der Waals surface area contributed by atoms with Crippen molar-refractivity contribution in [3.63, 3.8) is 0 Å². The molecule has 1 aromatic carbocycles. The summed E-state index contributed by atoms with van der Waals surface area (Å²) in [5.41, 5.74) is -0.708. The number of thioether (sulfide) groups is 1. The zero-order valence-electron chi connectivity index (χ0n) is 16.9. The second kappa shape index (κ2) is 8.36. The van der Waals surface area contributed by atoms with Crippen LogP contribution >= 0.6 is 11.8 Å². The highest BCUT2D eigenvalue weighted by atomic mass is 32.2. The number of hydrogen-bond donors (Lipinski definition) is 0. The number of nitrogens with zero attached hydrogens (tertiary/aromatic N) is 1. The Labute approximate surface area is 172 Å². The molecule has 8 heteroatoms. The molecule has 0 saturated carbocycles. The molecule has 1 fully saturated rings. The van der Waals surface area contributed by atoms with Crippen molar-refractivity contribution in [3.05, 3.63) is 24.3 Å². The van der Waals surface area contributed by atoms with Gasteiger partial charge in [-0.1, -0.05) is 5.92 Å². The van der Waals surface area contributed by atoms with Gasteiger partial charge in [0.2, 0.25) is 10.0 Å². The van der Waals surface area contributed by atoms with Crippen LogP contribution in [0.3, 0.4) is 0 Å². The van der Waals surface area contributed by atoms with Crippen molar-refractivity contribution in [2.45, 2.75) is 55.9 Å². The largest absolute Gasteiger partial charge is 0.481 e. The minimum absolute atomic E-state index is 0.0943. The number of terminal acetylenes is 1. The first-order chi connectivity index (χ1) is 12.9. The first kappa shape index (κ1) is 22.6. The van der Waals surface area contributed by atoms with Crippen molar-refractivity contribution >= 4 is 27.8 Å². The van der Waals surface area contributed by atoms with Gasteiger partial charge in [-0.2, -0.15) is 16.1 Å². The van der Waals surface area contributed by atoms with Gasteiger partial charge in [-0.15, -0.1) is 6.42 Å². The standard InChI is InChI=1S/C20H27NO5S2/c1-7-13-25-15-8-10-16(11-9-15)28(23,24)21-12-14-27-20(5,6)17(21)18(22)26-19(2,3)4/h1,8-11,17H,12-14H2,2-6H3. The summed E-state index contributed by atoms with van der Waals surface area (Å²) in [6.07, 6.45) is 5.16. The molecule has 1 saturated heterocycles. The third-order valence-electron chi connectivity index (χ3n) is 4.11. The van der Waals surface area contributed by atoms with E-state index in [1.165, 1.54) is 16.4 Å². The summed E-state index contributed by atoms with van der Waals surface area (Å²) in [5.74, 6) is 2.89. The van der Waals surface area contributed by atoms with Crippen molar-refractivity contribution in [1.82, 2.24) is 4.31 Å². The molecule has 1 atom stereocenters. The van der Waals surface area contributed by atoms with Crippen LogP contribution in [0.25, 0.3) is 0 Å². The van der Waals surface area contributed by atoms with E-state index in [2.05, 4.69) is 5.92 Å². The number of rotatable bonds is 5. The topological polar surface area (TPSA) is 72.9 Å². The highest BCUT2D eigenvalue weighted by molar-refractivity contribution is 8.00. The fraction of sp³-hybridized carbons (Fsp3) is 0.550. The summed E-state index contributed by atoms with van der Waals surface area (Å²) in [6, 6.07) is 5.10. The maximum absolute atomic E-state index is 13.3. The van der Waals surface area contributed by atoms with Gasteiger partial charge < -0.3 is 9.47 Å². The second-order valence-corrected chi connectivity index (χ2v) is 11.6. The van der Waals surface area contributed by atoms with Gasteiger partial charge in [0.15, 0.2) is 0 Å². The normalized spacial score (nSPS) is 20.2. The number of carbonyl (C=O) groups is 1. The highest BCUT2D eigenvalue weighted by Crippen LogP contribution is 2.39. The van der Waals surface area contributed by atoms with Crippen molar-refractivity contribution < 1.29 is 22.7 Å². The van der Waals surface area contributed by atoms with Crippen LogP contribution < -0.4 is 4.74 Å². The first-order valence-corrected chi connectivity index (χ1v) is 11.4. The molecular formula is C20H27NO5S2. The van der Waals surface area contributed by atoms with Crippen molar-refractivity contribution in [2.75, 3.05) is 18.9 Å². The predicted octanol–water partition coefficient (Wildman–Crippen LogP) is 2.93. The van der Waals surface area contributed by atoms with Crippen LogP contribution in [0.1, 0.15) is 34.6 Å². The molecule has 1 heterocycles. The molecule has 1 aromatic rings. The summed E-state index contributed by atoms with van der Waals surface area (Å²) >= 11 is 1.56. The van der Waals surface area contributed by atoms with Gasteiger partial charge in [0.1, 0.15) is 24.0 Å². The SMILES string of the molecule is C#CCOc1ccc(S(=O)(=O)N2CCSC(C)(C)C2C(=O)OC(C)(C)C)cc1. The van der Waals surface area contributed by atoms with Crippen molar-refractivity contribution in [2.24, 2.45) is 0 Å². The summed E-state index contributed by atoms with van der Waals surface area (Å²) in [4.78, 5) is 13.0. The third-order valence-corrected chi connectivity index (χ3v) is 7.35. The van der Waals surface area contributed by atoms with Crippen molar-refractivity contribution in [1.29, 1.82) is 0 Å². The fourth-order valence-electron chi connectivity index (χ4n) is 2.94. The Morgan fingerprint density at radius 3 is 2.46 bits per heavy atom. The van der Waals surface area contributed by atoms with Gasteiger partial charge in [0.05, 0.1) is 4.90 Å². The zero-order valence-corrected chi connectivity index (χ0v) is 18.5. The molecule has 28 heavy (non-hydrogen) atoms. The lowest BCUT2D eigenvalue weighted by atomic mass is 10.0. The van der Waals surface area contributed by atoms with E-state index in [4.69, 9.17) is 15.9 Å². The van der Waals surface area contributed by atoms with Crippen LogP contribution in [0, 0.1) is 12.3 Å². The molecule has 2 rings (SSSR count). The maximum Gasteiger partial charge on any atom is 0.326 e. The molecule has 1 aliphatic heterocycles. The van der Waals surface area contributed by atoms with Crippen LogP contribution in [-0.4, -0.2) is 54.0 Å². The lowest BCUT2D eigenvalue weighted by Crippen LogP contribution is -2.59. The van der Waals surface area contributed by atoms with E-state index >= 15 is 0 Å². The minimum Gasteiger partial charge on any atom is -0.481 e. The number of esters is 1. The molecule has 0 N–H and O–H groups in total. The molecular weight excluding hydrogens is 398 g/mol. The molecule has 0 aliphatic carbocycles. The van der Waals surface area contributed by atoms with Gasteiger partial charge in [0, 0.05) is 17.0 Å². The molecule has 0 radical (unpaired) electrons. The summed E-state index contributed by atoms with van der Waals surface area (Å²) in [7, 11) is -3.90. The van der Waals surface area contributed by atoms with E-state index < -0.39 is 32.4 Å². The average molecular weight is 426 g/mol. The Balaban J connectivity index is 2.37. The van der Waals surface area contributed by atoms with E-state index in [1.807, 2.05) is 13.8 Å². The number of sulfonamides is 1. The Kier molecular flexibility index (Phi) is 6.74. The van der Waals surface area contributed by atoms with E-state index in [0.717, 1.165) is 0 Å². The van der Waals surface area contributed by atoms with Crippen LogP contribution in [0.5, 0.6) is 5.75 Å². The molecule has 154 valence electrons. The molecule has 0 spiro atoms. The van der Waals surface area contributed by atoms with E-state index in [9.17, 15) is 13.2 Å². The van der Waals surface area contributed by atoms with Gasteiger partial charge in [-0.05, 0) is 58.9 Å². The quantitative estimate of drug-likeness (QED) is 0.534. The summed E-state index contributed by atoms with van der Waals surface area (Å²) in [5, 5.41) is 0. The molecule has 0 aromatic heterocycles. The molecule has 6 nitrogen and oxygen atoms in total. The monoisotopic (exact) mass is 425 g/mol. The zero-order chi connectivity index (χ0) is 21.2. The predicted molar refractivity (Wildman–Crippen MR) is 111 cm³/mol. The van der Waals surface area contributed by atoms with E-state index in [-0.39, 0.29) is 18.0 Å². The van der Waals surface area contributed by atoms with Crippen LogP contribution in [0.4, 0.5) is 0 Å². The van der Waals surface area contributed by atoms with Crippen LogP contribution in [0.15, 0.2) is 29.2 Å². The van der Waals surface area contributed by atoms with Gasteiger partial charge in [0.25, 0.3) is 0 Å². The Morgan fingerprint density at radius 2 is 1.93 bits per heavy atom. The fourth-order valence-corrected chi connectivity index (χ4v) is 6.03. The van der Waals surface area contributed by atoms with Gasteiger partial charge in [-0.25, -0.2) is 8.42 Å². The summed E-state index contributed by atoms with van der Waals surface area (Å²) < 4.78 is 38.1. The number of carbonyl (C=O) groups excluding carboxylic acids is 1. The average Bonchev–Trinajstić information content (AvgIpc) is 2.57. The molecule has 0 bridgehead atoms. The Bertz CT molecular complexity index is 848.